The number of hydrogen-bond donors (Lipinski definition) is 1. The lowest BCUT2D eigenvalue weighted by Gasteiger charge is -2.46. The van der Waals surface area contributed by atoms with E-state index in [0.717, 1.165) is 48.5 Å². The van der Waals surface area contributed by atoms with Gasteiger partial charge in [-0.3, -0.25) is 4.99 Å². The van der Waals surface area contributed by atoms with E-state index in [2.05, 4.69) is 25.7 Å². The molecule has 0 aliphatic carbocycles. The number of piperidine rings is 1. The van der Waals surface area contributed by atoms with Crippen LogP contribution in [-0.4, -0.2) is 83.2 Å². The van der Waals surface area contributed by atoms with Crippen molar-refractivity contribution in [3.8, 4) is 0 Å². The summed E-state index contributed by atoms with van der Waals surface area (Å²) in [6.07, 6.45) is 3.03. The second-order valence-electron chi connectivity index (χ2n) is 12.0. The van der Waals surface area contributed by atoms with Crippen LogP contribution < -0.4 is 0 Å². The van der Waals surface area contributed by atoms with Gasteiger partial charge in [-0.15, -0.1) is 0 Å². The standard InChI is InChI=1S/C28H45N3O5/c1-9-35-25(32)24(36-27(4,5)6)22-19(3)29-18(2)21(20-10-14-31(15-11-20)26(33)34)23(22)30-16-12-28(7,8)13-17-30/h10,18,22,24H,9,11-17H2,1-8H3,(H,33,34). The number of carboxylic acid groups (broad SMARTS) is 1. The molecule has 0 spiro atoms. The van der Waals surface area contributed by atoms with Crippen LogP contribution in [0.15, 0.2) is 27.9 Å². The van der Waals surface area contributed by atoms with Gasteiger partial charge in [0.15, 0.2) is 6.10 Å². The number of esters is 1. The molecule has 3 aliphatic heterocycles. The molecule has 0 aromatic rings. The highest BCUT2D eigenvalue weighted by atomic mass is 16.6. The van der Waals surface area contributed by atoms with E-state index in [0.29, 0.717) is 19.5 Å². The van der Waals surface area contributed by atoms with Crippen LogP contribution in [0.2, 0.25) is 0 Å². The minimum absolute atomic E-state index is 0.0914. The second-order valence-corrected chi connectivity index (χ2v) is 12.0. The Morgan fingerprint density at radius 3 is 2.36 bits per heavy atom. The van der Waals surface area contributed by atoms with E-state index in [4.69, 9.17) is 14.5 Å². The van der Waals surface area contributed by atoms with E-state index in [-0.39, 0.29) is 30.0 Å². The zero-order valence-electron chi connectivity index (χ0n) is 23.4. The molecule has 0 aromatic heterocycles. The average Bonchev–Trinajstić information content (AvgIpc) is 2.77. The zero-order valence-corrected chi connectivity index (χ0v) is 23.4. The van der Waals surface area contributed by atoms with Crippen LogP contribution in [0.1, 0.15) is 74.7 Å². The zero-order chi connectivity index (χ0) is 26.8. The molecule has 36 heavy (non-hydrogen) atoms. The van der Waals surface area contributed by atoms with E-state index in [9.17, 15) is 14.7 Å². The normalized spacial score (nSPS) is 25.8. The first-order chi connectivity index (χ1) is 16.7. The highest BCUT2D eigenvalue weighted by Gasteiger charge is 2.45. The maximum atomic E-state index is 13.3. The molecule has 8 nitrogen and oxygen atoms in total. The Morgan fingerprint density at radius 2 is 1.86 bits per heavy atom. The Bertz CT molecular complexity index is 933. The van der Waals surface area contributed by atoms with Crippen LogP contribution in [0.4, 0.5) is 4.79 Å². The van der Waals surface area contributed by atoms with Gasteiger partial charge in [0.25, 0.3) is 0 Å². The summed E-state index contributed by atoms with van der Waals surface area (Å²) in [5.74, 6) is -0.737. The number of aliphatic imine (C=N–C) groups is 1. The predicted octanol–water partition coefficient (Wildman–Crippen LogP) is 4.90. The fraction of sp³-hybridized carbons (Fsp3) is 0.750. The quantitative estimate of drug-likeness (QED) is 0.519. The van der Waals surface area contributed by atoms with Gasteiger partial charge in [-0.1, -0.05) is 19.9 Å². The number of carbonyl (C=O) groups excluding carboxylic acids is 1. The molecule has 0 bridgehead atoms. The number of hydrogen-bond acceptors (Lipinski definition) is 6. The van der Waals surface area contributed by atoms with Crippen molar-refractivity contribution in [2.75, 3.05) is 32.8 Å². The van der Waals surface area contributed by atoms with Crippen molar-refractivity contribution < 1.29 is 24.2 Å². The van der Waals surface area contributed by atoms with Gasteiger partial charge in [-0.05, 0) is 77.4 Å². The lowest BCUT2D eigenvalue weighted by molar-refractivity contribution is -0.168. The molecule has 0 saturated carbocycles. The molecule has 8 heteroatoms. The minimum Gasteiger partial charge on any atom is -0.465 e. The third-order valence-electron chi connectivity index (χ3n) is 7.42. The highest BCUT2D eigenvalue weighted by molar-refractivity contribution is 5.94. The van der Waals surface area contributed by atoms with Gasteiger partial charge in [-0.25, -0.2) is 9.59 Å². The van der Waals surface area contributed by atoms with E-state index in [1.165, 1.54) is 4.90 Å². The smallest absolute Gasteiger partial charge is 0.407 e. The minimum atomic E-state index is -0.901. The summed E-state index contributed by atoms with van der Waals surface area (Å²) in [4.78, 5) is 33.7. The third-order valence-corrected chi connectivity index (χ3v) is 7.42. The summed E-state index contributed by atoms with van der Waals surface area (Å²) in [6, 6.07) is -0.0914. The number of carbonyl (C=O) groups is 2. The Morgan fingerprint density at radius 1 is 1.22 bits per heavy atom. The first kappa shape index (κ1) is 28.2. The van der Waals surface area contributed by atoms with Gasteiger partial charge in [-0.2, -0.15) is 0 Å². The summed E-state index contributed by atoms with van der Waals surface area (Å²) in [5.41, 5.74) is 3.92. The number of likely N-dealkylation sites (tertiary alicyclic amines) is 1. The van der Waals surface area contributed by atoms with Crippen LogP contribution in [-0.2, 0) is 14.3 Å². The Kier molecular flexibility index (Phi) is 8.59. The molecule has 202 valence electrons. The summed E-state index contributed by atoms with van der Waals surface area (Å²) in [5, 5.41) is 9.45. The maximum Gasteiger partial charge on any atom is 0.407 e. The highest BCUT2D eigenvalue weighted by Crippen LogP contribution is 2.42. The number of nitrogens with zero attached hydrogens (tertiary/aromatic N) is 3. The van der Waals surface area contributed by atoms with Crippen molar-refractivity contribution >= 4 is 17.8 Å². The van der Waals surface area contributed by atoms with Crippen molar-refractivity contribution in [3.63, 3.8) is 0 Å². The summed E-state index contributed by atoms with van der Waals surface area (Å²) in [7, 11) is 0. The van der Waals surface area contributed by atoms with Gasteiger partial charge in [0.1, 0.15) is 0 Å². The second kappa shape index (κ2) is 11.0. The van der Waals surface area contributed by atoms with Crippen LogP contribution >= 0.6 is 0 Å². The van der Waals surface area contributed by atoms with Crippen LogP contribution in [0.25, 0.3) is 0 Å². The lowest BCUT2D eigenvalue weighted by Crippen LogP contribution is -2.50. The fourth-order valence-corrected chi connectivity index (χ4v) is 5.49. The summed E-state index contributed by atoms with van der Waals surface area (Å²) >= 11 is 0. The number of ether oxygens (including phenoxy) is 2. The molecule has 1 amide bonds. The maximum absolute atomic E-state index is 13.3. The monoisotopic (exact) mass is 503 g/mol. The lowest BCUT2D eigenvalue weighted by atomic mass is 9.78. The number of amides is 1. The van der Waals surface area contributed by atoms with E-state index in [1.807, 2.05) is 40.7 Å². The Hall–Kier alpha value is -2.35. The summed E-state index contributed by atoms with van der Waals surface area (Å²) < 4.78 is 11.9. The van der Waals surface area contributed by atoms with Gasteiger partial charge in [0, 0.05) is 37.6 Å². The molecular weight excluding hydrogens is 458 g/mol. The SMILES string of the molecule is CCOC(=O)C(OC(C)(C)C)C1C(C)=NC(C)C(C2=CCN(C(=O)O)CC2)=C1N1CCC(C)(C)CC1. The van der Waals surface area contributed by atoms with Gasteiger partial charge >= 0.3 is 12.1 Å². The fourth-order valence-electron chi connectivity index (χ4n) is 5.49. The molecule has 1 fully saturated rings. The van der Waals surface area contributed by atoms with Crippen molar-refractivity contribution in [1.29, 1.82) is 0 Å². The predicted molar refractivity (Wildman–Crippen MR) is 141 cm³/mol. The summed E-state index contributed by atoms with van der Waals surface area (Å²) in [6.45, 7) is 19.2. The molecule has 1 saturated heterocycles. The van der Waals surface area contributed by atoms with Crippen molar-refractivity contribution in [2.45, 2.75) is 92.4 Å². The first-order valence-corrected chi connectivity index (χ1v) is 13.3. The molecule has 3 aliphatic rings. The van der Waals surface area contributed by atoms with E-state index >= 15 is 0 Å². The third kappa shape index (κ3) is 6.50. The van der Waals surface area contributed by atoms with Gasteiger partial charge in [0.05, 0.1) is 24.2 Å². The largest absolute Gasteiger partial charge is 0.465 e. The van der Waals surface area contributed by atoms with Crippen molar-refractivity contribution in [2.24, 2.45) is 16.3 Å². The molecule has 1 N–H and O–H groups in total. The molecule has 3 heterocycles. The number of rotatable bonds is 6. The van der Waals surface area contributed by atoms with Crippen molar-refractivity contribution in [1.82, 2.24) is 9.80 Å². The molecule has 3 atom stereocenters. The topological polar surface area (TPSA) is 91.7 Å². The van der Waals surface area contributed by atoms with Gasteiger partial charge < -0.3 is 24.4 Å². The molecular formula is C28H45N3O5. The molecule has 0 radical (unpaired) electrons. The molecule has 0 aromatic carbocycles. The molecule has 3 unspecified atom stereocenters. The van der Waals surface area contributed by atoms with E-state index < -0.39 is 17.8 Å². The Balaban J connectivity index is 2.15. The van der Waals surface area contributed by atoms with Crippen LogP contribution in [0, 0.1) is 11.3 Å². The van der Waals surface area contributed by atoms with Gasteiger partial charge in [0.2, 0.25) is 0 Å². The number of dihydropyridines is 1. The van der Waals surface area contributed by atoms with E-state index in [1.54, 1.807) is 0 Å². The van der Waals surface area contributed by atoms with Crippen molar-refractivity contribution in [3.05, 3.63) is 22.9 Å². The Labute approximate surface area is 216 Å². The average molecular weight is 504 g/mol. The van der Waals surface area contributed by atoms with Crippen LogP contribution in [0.3, 0.4) is 0 Å². The first-order valence-electron chi connectivity index (χ1n) is 13.3. The van der Waals surface area contributed by atoms with Crippen LogP contribution in [0.5, 0.6) is 0 Å². The molecule has 3 rings (SSSR count).